The molecule has 6 heteroatoms. The van der Waals surface area contributed by atoms with Gasteiger partial charge in [0.15, 0.2) is 0 Å². The van der Waals surface area contributed by atoms with Gasteiger partial charge in [0, 0.05) is 28.9 Å². The standard InChI is InChI=1S/C23H22ClN3O2/c24-18-6-2-5-17(13-18)21(28)26-19-7-3-9-23(14-19)10-11-27(22(23)29)20-8-1-4-16(12-20)15-25/h1-2,4-6,8,12-13,19H,3,7,9-11,14H2,(H,26,28)/t19-,23+/m1/s1. The molecule has 2 aromatic carbocycles. The van der Waals surface area contributed by atoms with Gasteiger partial charge in [-0.1, -0.05) is 30.2 Å². The van der Waals surface area contributed by atoms with Crippen molar-refractivity contribution in [1.82, 2.24) is 5.32 Å². The van der Waals surface area contributed by atoms with E-state index in [1.54, 1.807) is 47.4 Å². The topological polar surface area (TPSA) is 73.2 Å². The molecule has 1 heterocycles. The van der Waals surface area contributed by atoms with Crippen molar-refractivity contribution in [2.75, 3.05) is 11.4 Å². The molecule has 0 radical (unpaired) electrons. The molecule has 4 rings (SSSR count). The molecular weight excluding hydrogens is 386 g/mol. The maximum absolute atomic E-state index is 13.3. The number of nitrogens with zero attached hydrogens (tertiary/aromatic N) is 2. The lowest BCUT2D eigenvalue weighted by molar-refractivity contribution is -0.127. The van der Waals surface area contributed by atoms with E-state index in [9.17, 15) is 9.59 Å². The number of anilines is 1. The van der Waals surface area contributed by atoms with E-state index in [4.69, 9.17) is 16.9 Å². The summed E-state index contributed by atoms with van der Waals surface area (Å²) >= 11 is 5.99. The first-order chi connectivity index (χ1) is 14.0. The first-order valence-electron chi connectivity index (χ1n) is 9.89. The highest BCUT2D eigenvalue weighted by Crippen LogP contribution is 2.46. The Hall–Kier alpha value is -2.84. The zero-order valence-electron chi connectivity index (χ0n) is 16.0. The highest BCUT2D eigenvalue weighted by molar-refractivity contribution is 6.30. The average Bonchev–Trinajstić information content (AvgIpc) is 3.03. The number of nitrogens with one attached hydrogen (secondary N) is 1. The smallest absolute Gasteiger partial charge is 0.251 e. The van der Waals surface area contributed by atoms with Gasteiger partial charge in [0.05, 0.1) is 17.0 Å². The summed E-state index contributed by atoms with van der Waals surface area (Å²) in [5, 5.41) is 12.8. The molecule has 1 spiro atoms. The summed E-state index contributed by atoms with van der Waals surface area (Å²) in [7, 11) is 0. The highest BCUT2D eigenvalue weighted by Gasteiger charge is 2.49. The van der Waals surface area contributed by atoms with E-state index in [2.05, 4.69) is 11.4 Å². The molecule has 2 amide bonds. The minimum Gasteiger partial charge on any atom is -0.349 e. The van der Waals surface area contributed by atoms with Crippen molar-refractivity contribution < 1.29 is 9.59 Å². The van der Waals surface area contributed by atoms with Crippen LogP contribution in [0.4, 0.5) is 5.69 Å². The van der Waals surface area contributed by atoms with Gasteiger partial charge in [0.2, 0.25) is 5.91 Å². The molecule has 1 N–H and O–H groups in total. The molecule has 0 bridgehead atoms. The van der Waals surface area contributed by atoms with E-state index in [1.165, 1.54) is 0 Å². The highest BCUT2D eigenvalue weighted by atomic mass is 35.5. The van der Waals surface area contributed by atoms with Crippen LogP contribution in [-0.4, -0.2) is 24.4 Å². The first kappa shape index (κ1) is 19.5. The fourth-order valence-electron chi connectivity index (χ4n) is 4.62. The molecule has 2 aliphatic rings. The predicted octanol–water partition coefficient (Wildman–Crippen LogP) is 4.31. The van der Waals surface area contributed by atoms with Crippen LogP contribution in [0, 0.1) is 16.7 Å². The van der Waals surface area contributed by atoms with Crippen LogP contribution in [0.15, 0.2) is 48.5 Å². The van der Waals surface area contributed by atoms with Crippen molar-refractivity contribution in [3.8, 4) is 6.07 Å². The van der Waals surface area contributed by atoms with Gasteiger partial charge in [-0.3, -0.25) is 9.59 Å². The Morgan fingerprint density at radius 1 is 1.21 bits per heavy atom. The van der Waals surface area contributed by atoms with Crippen LogP contribution in [0.5, 0.6) is 0 Å². The third kappa shape index (κ3) is 3.86. The fourth-order valence-corrected chi connectivity index (χ4v) is 4.81. The molecule has 2 atom stereocenters. The number of halogens is 1. The van der Waals surface area contributed by atoms with Crippen molar-refractivity contribution in [3.05, 3.63) is 64.7 Å². The van der Waals surface area contributed by atoms with E-state index in [1.807, 2.05) is 6.07 Å². The van der Waals surface area contributed by atoms with Crippen LogP contribution in [0.3, 0.4) is 0 Å². The third-order valence-electron chi connectivity index (χ3n) is 6.07. The normalized spacial score (nSPS) is 23.8. The minimum atomic E-state index is -0.437. The Labute approximate surface area is 175 Å². The van der Waals surface area contributed by atoms with Crippen LogP contribution in [0.1, 0.15) is 48.0 Å². The monoisotopic (exact) mass is 407 g/mol. The Kier molecular flexibility index (Phi) is 5.29. The van der Waals surface area contributed by atoms with Crippen molar-refractivity contribution in [1.29, 1.82) is 5.26 Å². The van der Waals surface area contributed by atoms with Gasteiger partial charge in [-0.05, 0) is 62.1 Å². The number of rotatable bonds is 3. The van der Waals surface area contributed by atoms with Crippen LogP contribution in [0.2, 0.25) is 5.02 Å². The predicted molar refractivity (Wildman–Crippen MR) is 112 cm³/mol. The number of carbonyl (C=O) groups excluding carboxylic acids is 2. The summed E-state index contributed by atoms with van der Waals surface area (Å²) < 4.78 is 0. The van der Waals surface area contributed by atoms with Gasteiger partial charge < -0.3 is 10.2 Å². The summed E-state index contributed by atoms with van der Waals surface area (Å²) in [4.78, 5) is 27.7. The summed E-state index contributed by atoms with van der Waals surface area (Å²) in [6.07, 6.45) is 4.02. The number of carbonyl (C=O) groups is 2. The van der Waals surface area contributed by atoms with E-state index in [0.717, 1.165) is 31.4 Å². The number of hydrogen-bond donors (Lipinski definition) is 1. The van der Waals surface area contributed by atoms with Crippen LogP contribution >= 0.6 is 11.6 Å². The molecule has 1 saturated heterocycles. The van der Waals surface area contributed by atoms with Gasteiger partial charge in [-0.2, -0.15) is 5.26 Å². The number of amides is 2. The zero-order chi connectivity index (χ0) is 20.4. The SMILES string of the molecule is N#Cc1cccc(N2CC[C@]3(CCC[C@@H](NC(=O)c4cccc(Cl)c4)C3)C2=O)c1. The molecule has 1 aliphatic carbocycles. The fraction of sp³-hybridized carbons (Fsp3) is 0.348. The van der Waals surface area contributed by atoms with E-state index in [0.29, 0.717) is 29.1 Å². The molecule has 0 unspecified atom stereocenters. The quantitative estimate of drug-likeness (QED) is 0.823. The van der Waals surface area contributed by atoms with Crippen molar-refractivity contribution >= 4 is 29.1 Å². The lowest BCUT2D eigenvalue weighted by Gasteiger charge is -2.37. The van der Waals surface area contributed by atoms with Gasteiger partial charge in [-0.25, -0.2) is 0 Å². The molecule has 148 valence electrons. The zero-order valence-corrected chi connectivity index (χ0v) is 16.8. The molecule has 2 aromatic rings. The van der Waals surface area contributed by atoms with Gasteiger partial charge in [-0.15, -0.1) is 0 Å². The molecule has 1 aliphatic heterocycles. The van der Waals surface area contributed by atoms with Gasteiger partial charge >= 0.3 is 0 Å². The third-order valence-corrected chi connectivity index (χ3v) is 6.30. The maximum atomic E-state index is 13.3. The van der Waals surface area contributed by atoms with E-state index >= 15 is 0 Å². The second-order valence-corrected chi connectivity index (χ2v) is 8.36. The van der Waals surface area contributed by atoms with Crippen molar-refractivity contribution in [3.63, 3.8) is 0 Å². The van der Waals surface area contributed by atoms with Crippen molar-refractivity contribution in [2.45, 2.75) is 38.1 Å². The van der Waals surface area contributed by atoms with Crippen LogP contribution in [-0.2, 0) is 4.79 Å². The average molecular weight is 408 g/mol. The Balaban J connectivity index is 1.48. The molecular formula is C23H22ClN3O2. The Morgan fingerprint density at radius 2 is 2.03 bits per heavy atom. The lowest BCUT2D eigenvalue weighted by atomic mass is 9.71. The molecule has 29 heavy (non-hydrogen) atoms. The van der Waals surface area contributed by atoms with Crippen LogP contribution in [0.25, 0.3) is 0 Å². The summed E-state index contributed by atoms with van der Waals surface area (Å²) in [6.45, 7) is 0.642. The summed E-state index contributed by atoms with van der Waals surface area (Å²) in [6, 6.07) is 16.2. The number of benzene rings is 2. The molecule has 5 nitrogen and oxygen atoms in total. The number of hydrogen-bond acceptors (Lipinski definition) is 3. The van der Waals surface area contributed by atoms with Crippen LogP contribution < -0.4 is 10.2 Å². The molecule has 1 saturated carbocycles. The summed E-state index contributed by atoms with van der Waals surface area (Å²) in [5.74, 6) is -0.0483. The largest absolute Gasteiger partial charge is 0.349 e. The van der Waals surface area contributed by atoms with E-state index in [-0.39, 0.29) is 17.9 Å². The number of nitriles is 1. The lowest BCUT2D eigenvalue weighted by Crippen LogP contribution is -2.46. The summed E-state index contributed by atoms with van der Waals surface area (Å²) in [5.41, 5.74) is 1.42. The second kappa shape index (κ2) is 7.88. The second-order valence-electron chi connectivity index (χ2n) is 7.93. The molecule has 2 fully saturated rings. The molecule has 0 aromatic heterocycles. The van der Waals surface area contributed by atoms with Gasteiger partial charge in [0.25, 0.3) is 5.91 Å². The Morgan fingerprint density at radius 3 is 2.83 bits per heavy atom. The van der Waals surface area contributed by atoms with Crippen molar-refractivity contribution in [2.24, 2.45) is 5.41 Å². The minimum absolute atomic E-state index is 0.0374. The first-order valence-corrected chi connectivity index (χ1v) is 10.3. The van der Waals surface area contributed by atoms with Gasteiger partial charge in [0.1, 0.15) is 0 Å². The van der Waals surface area contributed by atoms with E-state index < -0.39 is 5.41 Å². The Bertz CT molecular complexity index is 1000. The maximum Gasteiger partial charge on any atom is 0.251 e.